The van der Waals surface area contributed by atoms with E-state index in [2.05, 4.69) is 0 Å². The average molecular weight is 388 g/mol. The van der Waals surface area contributed by atoms with E-state index in [1.807, 2.05) is 30.3 Å². The molecule has 0 N–H and O–H groups in total. The second-order valence-corrected chi connectivity index (χ2v) is 5.92. The van der Waals surface area contributed by atoms with E-state index >= 15 is 0 Å². The van der Waals surface area contributed by atoms with Crippen LogP contribution >= 0.6 is 0 Å². The minimum Gasteiger partial charge on any atom is -0.462 e. The van der Waals surface area contributed by atoms with Crippen LogP contribution in [0.2, 0.25) is 0 Å². The summed E-state index contributed by atoms with van der Waals surface area (Å²) in [5.74, 6) is -1.91. The molecule has 0 saturated heterocycles. The summed E-state index contributed by atoms with van der Waals surface area (Å²) in [4.78, 5) is 12.0. The fourth-order valence-corrected chi connectivity index (χ4v) is 2.04. The number of benzene rings is 1. The number of carbonyl (C=O) groups is 1. The van der Waals surface area contributed by atoms with Gasteiger partial charge in [-0.1, -0.05) is 44.2 Å². The second-order valence-electron chi connectivity index (χ2n) is 5.92. The van der Waals surface area contributed by atoms with Gasteiger partial charge in [0.25, 0.3) is 0 Å². The number of carbonyl (C=O) groups excluding carboxylic acids is 1. The van der Waals surface area contributed by atoms with Crippen molar-refractivity contribution in [2.75, 3.05) is 33.7 Å². The lowest BCUT2D eigenvalue weighted by Crippen LogP contribution is -2.30. The summed E-state index contributed by atoms with van der Waals surface area (Å²) in [7, 11) is 1.49. The number of ether oxygens (including phenoxy) is 5. The number of halogens is 2. The Morgan fingerprint density at radius 1 is 1.07 bits per heavy atom. The van der Waals surface area contributed by atoms with Crippen molar-refractivity contribution in [3.63, 3.8) is 0 Å². The minimum atomic E-state index is -2.07. The van der Waals surface area contributed by atoms with Gasteiger partial charge in [0.15, 0.2) is 12.9 Å². The summed E-state index contributed by atoms with van der Waals surface area (Å²) < 4.78 is 51.7. The highest BCUT2D eigenvalue weighted by Crippen LogP contribution is 2.23. The van der Waals surface area contributed by atoms with Gasteiger partial charge in [0.2, 0.25) is 5.76 Å². The van der Waals surface area contributed by atoms with Crippen molar-refractivity contribution < 1.29 is 37.3 Å². The molecule has 0 radical (unpaired) electrons. The molecular weight excluding hydrogens is 362 g/mol. The van der Waals surface area contributed by atoms with Crippen LogP contribution < -0.4 is 0 Å². The van der Waals surface area contributed by atoms with Gasteiger partial charge in [0.1, 0.15) is 6.61 Å². The van der Waals surface area contributed by atoms with E-state index in [1.54, 1.807) is 13.8 Å². The smallest absolute Gasteiger partial charge is 0.332 e. The Morgan fingerprint density at radius 2 is 1.78 bits per heavy atom. The Labute approximate surface area is 158 Å². The summed E-state index contributed by atoms with van der Waals surface area (Å²) in [5.41, 5.74) is 0.887. The molecule has 0 aliphatic carbocycles. The molecule has 0 saturated carbocycles. The van der Waals surface area contributed by atoms with Gasteiger partial charge in [-0.05, 0) is 11.5 Å². The number of methoxy groups -OCH3 is 1. The van der Waals surface area contributed by atoms with Crippen molar-refractivity contribution in [2.24, 2.45) is 5.92 Å². The molecule has 0 bridgehead atoms. The summed E-state index contributed by atoms with van der Waals surface area (Å²) in [6.07, 6.45) is -3.31. The van der Waals surface area contributed by atoms with Gasteiger partial charge in [0.05, 0.1) is 19.8 Å². The Balaban J connectivity index is 2.53. The zero-order valence-corrected chi connectivity index (χ0v) is 15.8. The molecule has 0 aliphatic heterocycles. The quantitative estimate of drug-likeness (QED) is 0.223. The molecule has 0 aliphatic rings. The minimum absolute atomic E-state index is 0.192. The van der Waals surface area contributed by atoms with E-state index in [4.69, 9.17) is 23.7 Å². The average Bonchev–Trinajstić information content (AvgIpc) is 2.63. The molecule has 1 atom stereocenters. The number of hydrogen-bond donors (Lipinski definition) is 0. The molecule has 1 unspecified atom stereocenters. The first-order valence-electron chi connectivity index (χ1n) is 8.51. The van der Waals surface area contributed by atoms with Crippen LogP contribution in [0.25, 0.3) is 0 Å². The van der Waals surface area contributed by atoms with Gasteiger partial charge in [-0.25, -0.2) is 4.79 Å². The molecule has 0 amide bonds. The number of hydrogen-bond acceptors (Lipinski definition) is 6. The van der Waals surface area contributed by atoms with Gasteiger partial charge in [-0.15, -0.1) is 0 Å². The Morgan fingerprint density at radius 3 is 2.37 bits per heavy atom. The van der Waals surface area contributed by atoms with Gasteiger partial charge >= 0.3 is 12.0 Å². The lowest BCUT2D eigenvalue weighted by Gasteiger charge is -2.23. The highest BCUT2D eigenvalue weighted by atomic mass is 19.3. The lowest BCUT2D eigenvalue weighted by atomic mass is 10.1. The first kappa shape index (κ1) is 23.0. The summed E-state index contributed by atoms with van der Waals surface area (Å²) in [5, 5.41) is 0. The molecule has 6 nitrogen and oxygen atoms in total. The number of rotatable bonds is 13. The van der Waals surface area contributed by atoms with Crippen LogP contribution in [0.5, 0.6) is 0 Å². The Hall–Kier alpha value is -2.03. The first-order chi connectivity index (χ1) is 13.0. The van der Waals surface area contributed by atoms with Crippen LogP contribution in [0.15, 0.2) is 42.2 Å². The zero-order valence-electron chi connectivity index (χ0n) is 15.8. The maximum atomic E-state index is 13.3. The number of esters is 1. The van der Waals surface area contributed by atoms with E-state index < -0.39 is 36.6 Å². The van der Waals surface area contributed by atoms with Crippen LogP contribution in [0.3, 0.4) is 0 Å². The van der Waals surface area contributed by atoms with Crippen molar-refractivity contribution in [1.29, 1.82) is 0 Å². The second kappa shape index (κ2) is 13.2. The third-order valence-corrected chi connectivity index (χ3v) is 3.37. The highest BCUT2D eigenvalue weighted by molar-refractivity contribution is 5.71. The largest absolute Gasteiger partial charge is 0.462 e. The predicted molar refractivity (Wildman–Crippen MR) is 93.8 cm³/mol. The molecule has 0 spiro atoms. The maximum Gasteiger partial charge on any atom is 0.332 e. The van der Waals surface area contributed by atoms with Crippen LogP contribution in [0.4, 0.5) is 8.78 Å². The zero-order chi connectivity index (χ0) is 20.1. The molecule has 8 heteroatoms. The van der Waals surface area contributed by atoms with Crippen LogP contribution in [0.1, 0.15) is 19.4 Å². The Kier molecular flexibility index (Phi) is 11.2. The third kappa shape index (κ3) is 9.46. The SMILES string of the molecule is COCCOCOC(=C(F)F)C(OC(=O)COCc1ccccc1)C(C)C. The van der Waals surface area contributed by atoms with Crippen molar-refractivity contribution in [1.82, 2.24) is 0 Å². The topological polar surface area (TPSA) is 63.2 Å². The molecule has 0 fully saturated rings. The monoisotopic (exact) mass is 388 g/mol. The normalized spacial score (nSPS) is 11.9. The molecular formula is C19H26F2O6. The van der Waals surface area contributed by atoms with E-state index in [0.717, 1.165) is 5.56 Å². The van der Waals surface area contributed by atoms with E-state index in [-0.39, 0.29) is 19.8 Å². The van der Waals surface area contributed by atoms with E-state index in [0.29, 0.717) is 6.61 Å². The molecule has 152 valence electrons. The summed E-state index contributed by atoms with van der Waals surface area (Å²) >= 11 is 0. The van der Waals surface area contributed by atoms with E-state index in [9.17, 15) is 13.6 Å². The molecule has 0 aromatic heterocycles. The predicted octanol–water partition coefficient (Wildman–Crippen LogP) is 3.52. The van der Waals surface area contributed by atoms with Gasteiger partial charge in [-0.3, -0.25) is 0 Å². The summed E-state index contributed by atoms with van der Waals surface area (Å²) in [6.45, 7) is 3.23. The maximum absolute atomic E-state index is 13.3. The summed E-state index contributed by atoms with van der Waals surface area (Å²) in [6, 6.07) is 9.25. The standard InChI is InChI=1S/C19H26F2O6/c1-14(2)17(18(19(20)21)26-13-24-10-9-23-3)27-16(22)12-25-11-15-7-5-4-6-8-15/h4-8,14,17H,9-13H2,1-3H3. The van der Waals surface area contributed by atoms with Crippen molar-refractivity contribution in [3.05, 3.63) is 47.7 Å². The highest BCUT2D eigenvalue weighted by Gasteiger charge is 2.29. The van der Waals surface area contributed by atoms with Gasteiger partial charge in [0, 0.05) is 7.11 Å². The molecule has 1 rings (SSSR count). The van der Waals surface area contributed by atoms with Crippen molar-refractivity contribution >= 4 is 5.97 Å². The third-order valence-electron chi connectivity index (χ3n) is 3.37. The lowest BCUT2D eigenvalue weighted by molar-refractivity contribution is -0.159. The molecule has 0 heterocycles. The van der Waals surface area contributed by atoms with Crippen LogP contribution in [0, 0.1) is 5.92 Å². The van der Waals surface area contributed by atoms with Gasteiger partial charge < -0.3 is 23.7 Å². The first-order valence-corrected chi connectivity index (χ1v) is 8.51. The van der Waals surface area contributed by atoms with Crippen molar-refractivity contribution in [3.8, 4) is 0 Å². The molecule has 27 heavy (non-hydrogen) atoms. The Bertz CT molecular complexity index is 573. The fourth-order valence-electron chi connectivity index (χ4n) is 2.04. The van der Waals surface area contributed by atoms with Crippen LogP contribution in [-0.2, 0) is 35.1 Å². The van der Waals surface area contributed by atoms with Crippen molar-refractivity contribution in [2.45, 2.75) is 26.6 Å². The molecule has 1 aromatic rings. The molecule has 1 aromatic carbocycles. The van der Waals surface area contributed by atoms with Crippen LogP contribution in [-0.4, -0.2) is 45.8 Å². The van der Waals surface area contributed by atoms with E-state index in [1.165, 1.54) is 7.11 Å². The fraction of sp³-hybridized carbons (Fsp3) is 0.526. The van der Waals surface area contributed by atoms with Gasteiger partial charge in [-0.2, -0.15) is 8.78 Å².